The molecule has 1 saturated heterocycles. The minimum absolute atomic E-state index is 0.00243. The van der Waals surface area contributed by atoms with Gasteiger partial charge in [-0.2, -0.15) is 0 Å². The molecular formula is C23H22F2N4O3S. The fourth-order valence-corrected chi connectivity index (χ4v) is 5.53. The van der Waals surface area contributed by atoms with E-state index in [1.165, 1.54) is 19.2 Å². The number of amides is 1. The van der Waals surface area contributed by atoms with Gasteiger partial charge >= 0.3 is 0 Å². The van der Waals surface area contributed by atoms with Gasteiger partial charge in [-0.1, -0.05) is 17.4 Å². The first-order valence-corrected chi connectivity index (χ1v) is 11.6. The number of methoxy groups -OCH3 is 1. The lowest BCUT2D eigenvalue weighted by molar-refractivity contribution is 0.0606. The number of nitrogens with zero attached hydrogens (tertiary/aromatic N) is 4. The number of hydrogen-bond acceptors (Lipinski definition) is 6. The van der Waals surface area contributed by atoms with Crippen LogP contribution in [0.5, 0.6) is 5.75 Å². The number of benzene rings is 1. The van der Waals surface area contributed by atoms with Gasteiger partial charge in [0, 0.05) is 31.3 Å². The molecule has 1 amide bonds. The van der Waals surface area contributed by atoms with Crippen molar-refractivity contribution >= 4 is 17.2 Å². The molecule has 2 atom stereocenters. The Morgan fingerprint density at radius 2 is 2.03 bits per heavy atom. The van der Waals surface area contributed by atoms with Crippen LogP contribution < -0.4 is 10.2 Å². The van der Waals surface area contributed by atoms with Crippen molar-refractivity contribution in [3.8, 4) is 16.3 Å². The van der Waals surface area contributed by atoms with E-state index in [0.29, 0.717) is 16.6 Å². The number of carbonyl (C=O) groups excluding carboxylic acids is 1. The molecular weight excluding hydrogens is 450 g/mol. The molecule has 2 unspecified atom stereocenters. The summed E-state index contributed by atoms with van der Waals surface area (Å²) < 4.78 is 34.5. The number of pyridine rings is 1. The summed E-state index contributed by atoms with van der Waals surface area (Å²) in [7, 11) is 1.38. The molecule has 33 heavy (non-hydrogen) atoms. The molecule has 2 aromatic heterocycles. The van der Waals surface area contributed by atoms with Crippen molar-refractivity contribution in [2.75, 3.05) is 13.7 Å². The lowest BCUT2D eigenvalue weighted by Crippen LogP contribution is -2.47. The van der Waals surface area contributed by atoms with Gasteiger partial charge in [-0.05, 0) is 37.8 Å². The van der Waals surface area contributed by atoms with Crippen LogP contribution in [0.3, 0.4) is 0 Å². The largest absolute Gasteiger partial charge is 0.491 e. The van der Waals surface area contributed by atoms with Gasteiger partial charge in [-0.15, -0.1) is 10.2 Å². The molecule has 10 heteroatoms. The average molecular weight is 473 g/mol. The second-order valence-corrected chi connectivity index (χ2v) is 9.53. The van der Waals surface area contributed by atoms with Crippen molar-refractivity contribution in [3.63, 3.8) is 0 Å². The van der Waals surface area contributed by atoms with E-state index in [4.69, 9.17) is 4.74 Å². The van der Waals surface area contributed by atoms with Gasteiger partial charge < -0.3 is 14.2 Å². The third-order valence-electron chi connectivity index (χ3n) is 6.41. The standard InChI is InChI=1S/C23H22F2N4O3S/c1-12-4-3-5-15-10-28(12)23(31)19-21(32-2)20(30)16(11-29(15)19)22-27-26-18(33-22)8-13-6-7-14(24)9-17(13)25/h6-7,9,11-12,15H,3-5,8,10H2,1-2H3. The molecule has 2 aliphatic rings. The number of ether oxygens (including phenoxy) is 1. The van der Waals surface area contributed by atoms with E-state index < -0.39 is 17.1 Å². The van der Waals surface area contributed by atoms with E-state index in [9.17, 15) is 18.4 Å². The molecule has 3 aromatic rings. The van der Waals surface area contributed by atoms with Crippen molar-refractivity contribution in [1.82, 2.24) is 19.7 Å². The second-order valence-electron chi connectivity index (χ2n) is 8.47. The first-order chi connectivity index (χ1) is 15.9. The molecule has 2 bridgehead atoms. The Kier molecular flexibility index (Phi) is 5.48. The molecule has 0 radical (unpaired) electrons. The summed E-state index contributed by atoms with van der Waals surface area (Å²) in [4.78, 5) is 28.4. The predicted octanol–water partition coefficient (Wildman–Crippen LogP) is 3.81. The highest BCUT2D eigenvalue weighted by molar-refractivity contribution is 7.14. The predicted molar refractivity (Wildman–Crippen MR) is 119 cm³/mol. The maximum Gasteiger partial charge on any atom is 0.274 e. The van der Waals surface area contributed by atoms with Crippen LogP contribution in [-0.4, -0.2) is 45.3 Å². The third-order valence-corrected chi connectivity index (χ3v) is 7.36. The number of aromatic nitrogens is 3. The Labute approximate surface area is 192 Å². The number of carbonyl (C=O) groups is 1. The molecule has 7 nitrogen and oxygen atoms in total. The summed E-state index contributed by atoms with van der Waals surface area (Å²) in [5.74, 6) is -1.51. The zero-order valence-corrected chi connectivity index (χ0v) is 19.0. The smallest absolute Gasteiger partial charge is 0.274 e. The lowest BCUT2D eigenvalue weighted by atomic mass is 10.1. The number of hydrogen-bond donors (Lipinski definition) is 0. The van der Waals surface area contributed by atoms with Gasteiger partial charge in [-0.25, -0.2) is 8.78 Å². The van der Waals surface area contributed by atoms with E-state index in [1.54, 1.807) is 6.20 Å². The van der Waals surface area contributed by atoms with Crippen LogP contribution in [0.25, 0.3) is 10.6 Å². The van der Waals surface area contributed by atoms with Gasteiger partial charge in [0.1, 0.15) is 16.6 Å². The molecule has 1 aromatic carbocycles. The summed E-state index contributed by atoms with van der Waals surface area (Å²) in [6.07, 6.45) is 4.58. The Bertz CT molecular complexity index is 1310. The Morgan fingerprint density at radius 3 is 2.79 bits per heavy atom. The van der Waals surface area contributed by atoms with Gasteiger partial charge in [0.05, 0.1) is 18.7 Å². The lowest BCUT2D eigenvalue weighted by Gasteiger charge is -2.37. The van der Waals surface area contributed by atoms with E-state index >= 15 is 0 Å². The Hall–Kier alpha value is -3.14. The molecule has 4 heterocycles. The monoisotopic (exact) mass is 472 g/mol. The molecule has 0 N–H and O–H groups in total. The van der Waals surface area contributed by atoms with Crippen LogP contribution in [0.4, 0.5) is 8.78 Å². The first kappa shape index (κ1) is 21.7. The Balaban J connectivity index is 1.56. The van der Waals surface area contributed by atoms with Crippen LogP contribution in [0, 0.1) is 11.6 Å². The van der Waals surface area contributed by atoms with Crippen LogP contribution in [0.2, 0.25) is 0 Å². The minimum atomic E-state index is -0.659. The maximum absolute atomic E-state index is 14.0. The summed E-state index contributed by atoms with van der Waals surface area (Å²) in [5.41, 5.74) is 0.421. The van der Waals surface area contributed by atoms with Crippen molar-refractivity contribution in [3.05, 3.63) is 62.5 Å². The molecule has 0 spiro atoms. The Morgan fingerprint density at radius 1 is 1.21 bits per heavy atom. The van der Waals surface area contributed by atoms with Crippen LogP contribution in [0.1, 0.15) is 53.3 Å². The SMILES string of the molecule is COc1c2n(cc(-c3nnc(Cc4ccc(F)cc4F)s3)c1=O)C1CCCC(C)N(C1)C2=O. The summed E-state index contributed by atoms with van der Waals surface area (Å²) in [6, 6.07) is 3.53. The zero-order chi connectivity index (χ0) is 23.3. The fourth-order valence-electron chi connectivity index (χ4n) is 4.66. The fraction of sp³-hybridized carbons (Fsp3) is 0.391. The summed E-state index contributed by atoms with van der Waals surface area (Å²) in [6.45, 7) is 2.62. The summed E-state index contributed by atoms with van der Waals surface area (Å²) >= 11 is 1.16. The van der Waals surface area contributed by atoms with E-state index in [0.717, 1.165) is 36.7 Å². The molecule has 1 fully saturated rings. The third kappa shape index (κ3) is 3.72. The van der Waals surface area contributed by atoms with Crippen molar-refractivity contribution in [2.45, 2.75) is 44.7 Å². The topological polar surface area (TPSA) is 77.3 Å². The molecule has 0 saturated carbocycles. The van der Waals surface area contributed by atoms with Gasteiger partial charge in [-0.3, -0.25) is 9.59 Å². The normalized spacial score (nSPS) is 19.9. The van der Waals surface area contributed by atoms with Crippen LogP contribution in [-0.2, 0) is 6.42 Å². The van der Waals surface area contributed by atoms with Crippen LogP contribution >= 0.6 is 11.3 Å². The van der Waals surface area contributed by atoms with E-state index in [2.05, 4.69) is 10.2 Å². The highest BCUT2D eigenvalue weighted by Gasteiger charge is 2.39. The second kappa shape index (κ2) is 8.33. The highest BCUT2D eigenvalue weighted by atomic mass is 32.1. The van der Waals surface area contributed by atoms with Crippen molar-refractivity contribution in [2.24, 2.45) is 0 Å². The van der Waals surface area contributed by atoms with Crippen molar-refractivity contribution < 1.29 is 18.3 Å². The van der Waals surface area contributed by atoms with E-state index in [-0.39, 0.29) is 47.0 Å². The molecule has 5 rings (SSSR count). The number of rotatable bonds is 4. The molecule has 2 aliphatic heterocycles. The molecule has 172 valence electrons. The van der Waals surface area contributed by atoms with E-state index in [1.807, 2.05) is 16.4 Å². The molecule has 0 aliphatic carbocycles. The van der Waals surface area contributed by atoms with Gasteiger partial charge in [0.25, 0.3) is 5.91 Å². The number of fused-ring (bicyclic) bond motifs is 4. The maximum atomic E-state index is 14.0. The first-order valence-electron chi connectivity index (χ1n) is 10.8. The van der Waals surface area contributed by atoms with Crippen LogP contribution in [0.15, 0.2) is 29.2 Å². The van der Waals surface area contributed by atoms with Gasteiger partial charge in [0.2, 0.25) is 5.43 Å². The minimum Gasteiger partial charge on any atom is -0.491 e. The highest BCUT2D eigenvalue weighted by Crippen LogP contribution is 2.36. The van der Waals surface area contributed by atoms with Gasteiger partial charge in [0.15, 0.2) is 16.5 Å². The average Bonchev–Trinajstić information content (AvgIpc) is 3.17. The van der Waals surface area contributed by atoms with Crippen molar-refractivity contribution in [1.29, 1.82) is 0 Å². The quantitative estimate of drug-likeness (QED) is 0.577. The summed E-state index contributed by atoms with van der Waals surface area (Å²) in [5, 5.41) is 9.11. The number of halogens is 2. The zero-order valence-electron chi connectivity index (χ0n) is 18.2.